The van der Waals surface area contributed by atoms with Gasteiger partial charge in [0.2, 0.25) is 11.8 Å². The molecular formula is C19H33N3O3. The van der Waals surface area contributed by atoms with E-state index in [2.05, 4.69) is 0 Å². The molecule has 6 nitrogen and oxygen atoms in total. The van der Waals surface area contributed by atoms with E-state index in [-0.39, 0.29) is 5.91 Å². The summed E-state index contributed by atoms with van der Waals surface area (Å²) < 4.78 is 0. The Morgan fingerprint density at radius 3 is 2.32 bits per heavy atom. The van der Waals surface area contributed by atoms with Gasteiger partial charge in [-0.2, -0.15) is 5.06 Å². The number of carbonyl (C=O) groups is 2. The zero-order valence-electron chi connectivity index (χ0n) is 15.5. The lowest BCUT2D eigenvalue weighted by atomic mass is 9.93. The molecule has 0 aliphatic carbocycles. The Kier molecular flexibility index (Phi) is 7.11. The summed E-state index contributed by atoms with van der Waals surface area (Å²) in [6.07, 6.45) is 8.90. The van der Waals surface area contributed by atoms with E-state index in [1.807, 2.05) is 14.9 Å². The second kappa shape index (κ2) is 9.53. The molecule has 25 heavy (non-hydrogen) atoms. The molecule has 3 fully saturated rings. The van der Waals surface area contributed by atoms with Crippen molar-refractivity contribution < 1.29 is 14.4 Å². The average Bonchev–Trinajstić information content (AvgIpc) is 3.20. The number of rotatable bonds is 6. The summed E-state index contributed by atoms with van der Waals surface area (Å²) in [6.45, 7) is 6.00. The number of hydroxylamine groups is 2. The third-order valence-electron chi connectivity index (χ3n) is 5.75. The molecule has 1 atom stereocenters. The summed E-state index contributed by atoms with van der Waals surface area (Å²) in [5, 5.41) is 1.94. The monoisotopic (exact) mass is 351 g/mol. The smallest absolute Gasteiger partial charge is 0.223 e. The third kappa shape index (κ3) is 5.68. The predicted octanol–water partition coefficient (Wildman–Crippen LogP) is 2.05. The van der Waals surface area contributed by atoms with Gasteiger partial charge in [0.05, 0.1) is 6.61 Å². The number of nitrogens with zero attached hydrogens (tertiary/aromatic N) is 3. The molecular weight excluding hydrogens is 318 g/mol. The van der Waals surface area contributed by atoms with E-state index in [4.69, 9.17) is 4.84 Å². The Labute approximate surface area is 151 Å². The van der Waals surface area contributed by atoms with Crippen molar-refractivity contribution in [1.29, 1.82) is 0 Å². The van der Waals surface area contributed by atoms with Gasteiger partial charge in [-0.15, -0.1) is 0 Å². The number of amides is 2. The molecule has 0 unspecified atom stereocenters. The van der Waals surface area contributed by atoms with Crippen LogP contribution in [-0.4, -0.2) is 72.6 Å². The van der Waals surface area contributed by atoms with Crippen LogP contribution in [0.4, 0.5) is 0 Å². The van der Waals surface area contributed by atoms with E-state index >= 15 is 0 Å². The van der Waals surface area contributed by atoms with Crippen molar-refractivity contribution in [3.8, 4) is 0 Å². The Morgan fingerprint density at radius 2 is 1.56 bits per heavy atom. The number of piperidine rings is 1. The van der Waals surface area contributed by atoms with E-state index in [0.717, 1.165) is 84.3 Å². The molecule has 3 aliphatic heterocycles. The van der Waals surface area contributed by atoms with E-state index in [9.17, 15) is 9.59 Å². The Bertz CT molecular complexity index is 445. The first kappa shape index (κ1) is 18.6. The van der Waals surface area contributed by atoms with Gasteiger partial charge >= 0.3 is 0 Å². The fourth-order valence-corrected chi connectivity index (χ4v) is 4.18. The summed E-state index contributed by atoms with van der Waals surface area (Å²) in [7, 11) is 0. The van der Waals surface area contributed by atoms with E-state index in [0.29, 0.717) is 31.2 Å². The van der Waals surface area contributed by atoms with Gasteiger partial charge < -0.3 is 9.80 Å². The number of carbonyl (C=O) groups excluding carboxylic acids is 2. The lowest BCUT2D eigenvalue weighted by Gasteiger charge is -2.34. The maximum absolute atomic E-state index is 12.5. The van der Waals surface area contributed by atoms with Crippen molar-refractivity contribution in [1.82, 2.24) is 14.9 Å². The number of likely N-dealkylation sites (tertiary alicyclic amines) is 2. The van der Waals surface area contributed by atoms with Crippen LogP contribution in [0.5, 0.6) is 0 Å². The third-order valence-corrected chi connectivity index (χ3v) is 5.75. The maximum Gasteiger partial charge on any atom is 0.223 e. The van der Waals surface area contributed by atoms with E-state index < -0.39 is 0 Å². The lowest BCUT2D eigenvalue weighted by Crippen LogP contribution is -2.42. The molecule has 6 heteroatoms. The van der Waals surface area contributed by atoms with Gasteiger partial charge in [-0.3, -0.25) is 14.4 Å². The van der Waals surface area contributed by atoms with Gasteiger partial charge in [-0.25, -0.2) is 0 Å². The van der Waals surface area contributed by atoms with Crippen molar-refractivity contribution in [3.05, 3.63) is 0 Å². The van der Waals surface area contributed by atoms with Gasteiger partial charge in [0.1, 0.15) is 0 Å². The van der Waals surface area contributed by atoms with Crippen molar-refractivity contribution >= 4 is 11.8 Å². The zero-order valence-corrected chi connectivity index (χ0v) is 15.5. The van der Waals surface area contributed by atoms with Crippen LogP contribution in [0.3, 0.4) is 0 Å². The highest BCUT2D eigenvalue weighted by molar-refractivity contribution is 5.77. The highest BCUT2D eigenvalue weighted by Crippen LogP contribution is 2.23. The van der Waals surface area contributed by atoms with Crippen molar-refractivity contribution in [2.45, 2.75) is 57.8 Å². The minimum absolute atomic E-state index is 0.241. The number of hydrogen-bond acceptors (Lipinski definition) is 4. The average molecular weight is 351 g/mol. The van der Waals surface area contributed by atoms with E-state index in [1.165, 1.54) is 0 Å². The van der Waals surface area contributed by atoms with Crippen LogP contribution in [0.15, 0.2) is 0 Å². The summed E-state index contributed by atoms with van der Waals surface area (Å²) in [6, 6.07) is 0. The molecule has 142 valence electrons. The first-order valence-corrected chi connectivity index (χ1v) is 10.2. The van der Waals surface area contributed by atoms with Gasteiger partial charge in [0, 0.05) is 52.1 Å². The van der Waals surface area contributed by atoms with Crippen molar-refractivity contribution in [2.75, 3.05) is 45.9 Å². The van der Waals surface area contributed by atoms with Crippen molar-refractivity contribution in [3.63, 3.8) is 0 Å². The molecule has 3 aliphatic rings. The largest absolute Gasteiger partial charge is 0.343 e. The number of hydrogen-bond donors (Lipinski definition) is 0. The predicted molar refractivity (Wildman–Crippen MR) is 95.7 cm³/mol. The van der Waals surface area contributed by atoms with Crippen molar-refractivity contribution in [2.24, 2.45) is 5.92 Å². The molecule has 0 aromatic rings. The first-order chi connectivity index (χ1) is 12.2. The molecule has 3 heterocycles. The van der Waals surface area contributed by atoms with Crippen LogP contribution in [0.1, 0.15) is 57.8 Å². The Morgan fingerprint density at radius 1 is 0.840 bits per heavy atom. The zero-order chi connectivity index (χ0) is 17.5. The summed E-state index contributed by atoms with van der Waals surface area (Å²) in [5.41, 5.74) is 0. The minimum atomic E-state index is 0.241. The van der Waals surface area contributed by atoms with Gasteiger partial charge in [0.15, 0.2) is 0 Å². The quantitative estimate of drug-likeness (QED) is 0.735. The van der Waals surface area contributed by atoms with E-state index in [1.54, 1.807) is 0 Å². The SMILES string of the molecule is O=C(CC[C@H]1CCCN(C(=O)CCN2CCCCO2)C1)N1CCCC1. The topological polar surface area (TPSA) is 53.1 Å². The minimum Gasteiger partial charge on any atom is -0.343 e. The standard InChI is InChI=1S/C19H33N3O3/c23-18(20-10-1-2-11-20)8-7-17-6-5-12-21(16-17)19(24)9-14-22-13-3-4-15-25-22/h17H,1-16H2/t17-/m1/s1. The van der Waals surface area contributed by atoms with Gasteiger partial charge in [0.25, 0.3) is 0 Å². The van der Waals surface area contributed by atoms with Crippen LogP contribution in [0.25, 0.3) is 0 Å². The molecule has 0 aromatic carbocycles. The van der Waals surface area contributed by atoms with Crippen LogP contribution in [-0.2, 0) is 14.4 Å². The molecule has 0 saturated carbocycles. The molecule has 0 bridgehead atoms. The highest BCUT2D eigenvalue weighted by Gasteiger charge is 2.26. The molecule has 0 spiro atoms. The summed E-state index contributed by atoms with van der Waals surface area (Å²) >= 11 is 0. The van der Waals surface area contributed by atoms with Gasteiger partial charge in [-0.1, -0.05) is 0 Å². The molecule has 2 amide bonds. The lowest BCUT2D eigenvalue weighted by molar-refractivity contribution is -0.182. The van der Waals surface area contributed by atoms with Crippen LogP contribution in [0, 0.1) is 5.92 Å². The maximum atomic E-state index is 12.5. The second-order valence-electron chi connectivity index (χ2n) is 7.69. The highest BCUT2D eigenvalue weighted by atomic mass is 16.7. The molecule has 3 rings (SSSR count). The van der Waals surface area contributed by atoms with Crippen LogP contribution in [0.2, 0.25) is 0 Å². The second-order valence-corrected chi connectivity index (χ2v) is 7.69. The molecule has 0 N–H and O–H groups in total. The van der Waals surface area contributed by atoms with Gasteiger partial charge in [-0.05, 0) is 50.9 Å². The summed E-state index contributed by atoms with van der Waals surface area (Å²) in [5.74, 6) is 1.03. The molecule has 0 radical (unpaired) electrons. The Balaban J connectivity index is 1.36. The fourth-order valence-electron chi connectivity index (χ4n) is 4.18. The molecule has 0 aromatic heterocycles. The molecule has 3 saturated heterocycles. The first-order valence-electron chi connectivity index (χ1n) is 10.2. The fraction of sp³-hybridized carbons (Fsp3) is 0.895. The summed E-state index contributed by atoms with van der Waals surface area (Å²) in [4.78, 5) is 34.3. The normalized spacial score (nSPS) is 25.4. The van der Waals surface area contributed by atoms with Crippen LogP contribution >= 0.6 is 0 Å². The Hall–Kier alpha value is -1.14. The van der Waals surface area contributed by atoms with Crippen LogP contribution < -0.4 is 0 Å².